The number of nitro benzene ring substituents is 1. The van der Waals surface area contributed by atoms with Gasteiger partial charge >= 0.3 is 0 Å². The fraction of sp³-hybridized carbons (Fsp3) is 0.462. The molecule has 19 heavy (non-hydrogen) atoms. The molecule has 0 aliphatic carbocycles. The first-order chi connectivity index (χ1) is 8.99. The fourth-order valence-corrected chi connectivity index (χ4v) is 1.58. The molecule has 0 saturated carbocycles. The van der Waals surface area contributed by atoms with Crippen molar-refractivity contribution < 1.29 is 9.72 Å². The summed E-state index contributed by atoms with van der Waals surface area (Å²) in [5, 5.41) is 16.6. The number of nitrogens with zero attached hydrogens (tertiary/aromatic N) is 1. The van der Waals surface area contributed by atoms with Gasteiger partial charge in [0.15, 0.2) is 0 Å². The third-order valence-electron chi connectivity index (χ3n) is 2.81. The number of amides is 1. The maximum atomic E-state index is 11.9. The predicted octanol–water partition coefficient (Wildman–Crippen LogP) is 2.55. The maximum Gasteiger partial charge on any atom is 0.292 e. The summed E-state index contributed by atoms with van der Waals surface area (Å²) in [6, 6.07) is 4.41. The first kappa shape index (κ1) is 14.9. The van der Waals surface area contributed by atoms with Crippen molar-refractivity contribution in [3.8, 4) is 0 Å². The van der Waals surface area contributed by atoms with E-state index in [-0.39, 0.29) is 17.6 Å². The predicted molar refractivity (Wildman–Crippen MR) is 74.5 cm³/mol. The standard InChI is InChI=1S/C13H19N3O3/c1-4-9(3)15-13(17)10-6-7-12(16(18)19)11(8-10)14-5-2/h6-9,14H,4-5H2,1-3H3,(H,15,17). The quantitative estimate of drug-likeness (QED) is 0.611. The molecule has 0 bridgehead atoms. The van der Waals surface area contributed by atoms with Crippen molar-refractivity contribution in [3.05, 3.63) is 33.9 Å². The summed E-state index contributed by atoms with van der Waals surface area (Å²) in [7, 11) is 0. The number of carbonyl (C=O) groups excluding carboxylic acids is 1. The molecule has 0 aliphatic heterocycles. The lowest BCUT2D eigenvalue weighted by molar-refractivity contribution is -0.384. The maximum absolute atomic E-state index is 11.9. The van der Waals surface area contributed by atoms with Crippen LogP contribution >= 0.6 is 0 Å². The molecule has 6 nitrogen and oxygen atoms in total. The Bertz CT molecular complexity index is 474. The number of anilines is 1. The molecule has 2 N–H and O–H groups in total. The van der Waals surface area contributed by atoms with Gasteiger partial charge in [-0.05, 0) is 32.4 Å². The van der Waals surface area contributed by atoms with E-state index in [1.165, 1.54) is 18.2 Å². The zero-order valence-corrected chi connectivity index (χ0v) is 11.4. The minimum absolute atomic E-state index is 0.0260. The molecule has 0 heterocycles. The second kappa shape index (κ2) is 6.72. The van der Waals surface area contributed by atoms with Crippen LogP contribution in [0.1, 0.15) is 37.6 Å². The van der Waals surface area contributed by atoms with Gasteiger partial charge in [-0.15, -0.1) is 0 Å². The molecule has 1 amide bonds. The van der Waals surface area contributed by atoms with Gasteiger partial charge in [-0.25, -0.2) is 0 Å². The molecule has 1 aromatic rings. The zero-order chi connectivity index (χ0) is 14.4. The molecule has 1 atom stereocenters. The number of carbonyl (C=O) groups is 1. The lowest BCUT2D eigenvalue weighted by Gasteiger charge is -2.12. The Morgan fingerprint density at radius 1 is 1.42 bits per heavy atom. The summed E-state index contributed by atoms with van der Waals surface area (Å²) in [4.78, 5) is 22.3. The second-order valence-electron chi connectivity index (χ2n) is 4.30. The SMILES string of the molecule is CCNc1cc(C(=O)NC(C)CC)ccc1[N+](=O)[O-]. The number of benzene rings is 1. The van der Waals surface area contributed by atoms with E-state index in [4.69, 9.17) is 0 Å². The third kappa shape index (κ3) is 3.94. The lowest BCUT2D eigenvalue weighted by Crippen LogP contribution is -2.31. The van der Waals surface area contributed by atoms with Gasteiger partial charge < -0.3 is 10.6 Å². The molecule has 1 rings (SSSR count). The number of hydrogen-bond acceptors (Lipinski definition) is 4. The molecule has 6 heteroatoms. The van der Waals surface area contributed by atoms with Crippen molar-refractivity contribution in [2.75, 3.05) is 11.9 Å². The van der Waals surface area contributed by atoms with Gasteiger partial charge in [0.25, 0.3) is 11.6 Å². The van der Waals surface area contributed by atoms with Crippen molar-refractivity contribution in [1.82, 2.24) is 5.32 Å². The van der Waals surface area contributed by atoms with Crippen LogP contribution in [0.4, 0.5) is 11.4 Å². The van der Waals surface area contributed by atoms with E-state index in [9.17, 15) is 14.9 Å². The molecule has 104 valence electrons. The Morgan fingerprint density at radius 2 is 2.11 bits per heavy atom. The van der Waals surface area contributed by atoms with Crippen molar-refractivity contribution in [2.45, 2.75) is 33.2 Å². The van der Waals surface area contributed by atoms with E-state index < -0.39 is 4.92 Å². The van der Waals surface area contributed by atoms with Crippen molar-refractivity contribution in [2.24, 2.45) is 0 Å². The highest BCUT2D eigenvalue weighted by Crippen LogP contribution is 2.25. The number of rotatable bonds is 6. The summed E-state index contributed by atoms with van der Waals surface area (Å²) in [5.41, 5.74) is 0.757. The first-order valence-corrected chi connectivity index (χ1v) is 6.32. The van der Waals surface area contributed by atoms with Crippen LogP contribution in [0.3, 0.4) is 0 Å². The van der Waals surface area contributed by atoms with Gasteiger partial charge in [-0.1, -0.05) is 6.92 Å². The Balaban J connectivity index is 3.00. The number of hydrogen-bond donors (Lipinski definition) is 2. The molecule has 0 radical (unpaired) electrons. The highest BCUT2D eigenvalue weighted by Gasteiger charge is 2.16. The Labute approximate surface area is 112 Å². The van der Waals surface area contributed by atoms with E-state index >= 15 is 0 Å². The second-order valence-corrected chi connectivity index (χ2v) is 4.30. The lowest BCUT2D eigenvalue weighted by atomic mass is 10.1. The average molecular weight is 265 g/mol. The minimum atomic E-state index is -0.464. The third-order valence-corrected chi connectivity index (χ3v) is 2.81. The van der Waals surface area contributed by atoms with E-state index in [1.54, 1.807) is 0 Å². The van der Waals surface area contributed by atoms with E-state index in [0.717, 1.165) is 6.42 Å². The van der Waals surface area contributed by atoms with Gasteiger partial charge in [0.1, 0.15) is 5.69 Å². The summed E-state index contributed by atoms with van der Waals surface area (Å²) in [6.45, 7) is 6.28. The zero-order valence-electron chi connectivity index (χ0n) is 11.4. The molecule has 0 aromatic heterocycles. The van der Waals surface area contributed by atoms with Gasteiger partial charge in [0.05, 0.1) is 4.92 Å². The smallest absolute Gasteiger partial charge is 0.292 e. The molecule has 0 fully saturated rings. The molecule has 0 aliphatic rings. The monoisotopic (exact) mass is 265 g/mol. The Morgan fingerprint density at radius 3 is 2.63 bits per heavy atom. The van der Waals surface area contributed by atoms with E-state index in [0.29, 0.717) is 17.8 Å². The highest BCUT2D eigenvalue weighted by atomic mass is 16.6. The van der Waals surface area contributed by atoms with Crippen LogP contribution < -0.4 is 10.6 Å². The number of nitrogens with one attached hydrogen (secondary N) is 2. The van der Waals surface area contributed by atoms with Crippen LogP contribution in [0.5, 0.6) is 0 Å². The van der Waals surface area contributed by atoms with Crippen LogP contribution in [0.2, 0.25) is 0 Å². The minimum Gasteiger partial charge on any atom is -0.380 e. The van der Waals surface area contributed by atoms with Gasteiger partial charge in [-0.2, -0.15) is 0 Å². The normalized spacial score (nSPS) is 11.7. The van der Waals surface area contributed by atoms with Gasteiger partial charge in [0.2, 0.25) is 0 Å². The van der Waals surface area contributed by atoms with E-state index in [2.05, 4.69) is 10.6 Å². The van der Waals surface area contributed by atoms with Crippen LogP contribution in [-0.4, -0.2) is 23.4 Å². The molecule has 0 spiro atoms. The van der Waals surface area contributed by atoms with Crippen LogP contribution in [-0.2, 0) is 0 Å². The van der Waals surface area contributed by atoms with Crippen LogP contribution in [0, 0.1) is 10.1 Å². The number of nitro groups is 1. The first-order valence-electron chi connectivity index (χ1n) is 6.32. The summed E-state index contributed by atoms with van der Waals surface area (Å²) in [5.74, 6) is -0.219. The van der Waals surface area contributed by atoms with E-state index in [1.807, 2.05) is 20.8 Å². The Hall–Kier alpha value is -2.11. The van der Waals surface area contributed by atoms with Crippen molar-refractivity contribution >= 4 is 17.3 Å². The Kier molecular flexibility index (Phi) is 5.29. The van der Waals surface area contributed by atoms with Gasteiger partial charge in [-0.3, -0.25) is 14.9 Å². The molecule has 0 saturated heterocycles. The van der Waals surface area contributed by atoms with Gasteiger partial charge in [0, 0.05) is 24.2 Å². The highest BCUT2D eigenvalue weighted by molar-refractivity contribution is 5.96. The summed E-state index contributed by atoms with van der Waals surface area (Å²) >= 11 is 0. The average Bonchev–Trinajstić information content (AvgIpc) is 2.38. The van der Waals surface area contributed by atoms with Crippen LogP contribution in [0.15, 0.2) is 18.2 Å². The van der Waals surface area contributed by atoms with Crippen molar-refractivity contribution in [3.63, 3.8) is 0 Å². The van der Waals surface area contributed by atoms with Crippen molar-refractivity contribution in [1.29, 1.82) is 0 Å². The summed E-state index contributed by atoms with van der Waals surface area (Å²) < 4.78 is 0. The molecule has 1 aromatic carbocycles. The summed E-state index contributed by atoms with van der Waals surface area (Å²) in [6.07, 6.45) is 0.832. The largest absolute Gasteiger partial charge is 0.380 e. The fourth-order valence-electron chi connectivity index (χ4n) is 1.58. The molecular weight excluding hydrogens is 246 g/mol. The molecule has 1 unspecified atom stereocenters. The molecular formula is C13H19N3O3. The van der Waals surface area contributed by atoms with Crippen LogP contribution in [0.25, 0.3) is 0 Å². The topological polar surface area (TPSA) is 84.3 Å².